The number of anilines is 1. The maximum absolute atomic E-state index is 13.2. The van der Waals surface area contributed by atoms with E-state index in [1.165, 1.54) is 25.6 Å². The maximum Gasteiger partial charge on any atom is 0.262 e. The van der Waals surface area contributed by atoms with Crippen LogP contribution in [0.25, 0.3) is 11.6 Å². The van der Waals surface area contributed by atoms with Crippen LogP contribution < -0.4 is 5.32 Å². The van der Waals surface area contributed by atoms with Gasteiger partial charge >= 0.3 is 0 Å². The Bertz CT molecular complexity index is 1310. The standard InChI is InChI=1S/C24H27N9O/c1-16-12-26-24(27-13-16)33-21(29-23(34)19-14-28-32-8-2-7-25-22(19)32)11-20(30-33)18-5-9-31(10-6-18)15-17-3-4-17/h2,7-8,11-14,17-18H,3-6,9-10,15H2,1H3,(H,29,34). The monoisotopic (exact) mass is 457 g/mol. The van der Waals surface area contributed by atoms with Crippen LogP contribution in [-0.2, 0) is 0 Å². The average Bonchev–Trinajstić information content (AvgIpc) is 3.41. The average molecular weight is 458 g/mol. The van der Waals surface area contributed by atoms with Gasteiger partial charge in [-0.1, -0.05) is 0 Å². The lowest BCUT2D eigenvalue weighted by molar-refractivity contribution is 0.102. The number of aryl methyl sites for hydroxylation is 1. The first-order valence-corrected chi connectivity index (χ1v) is 11.8. The van der Waals surface area contributed by atoms with E-state index in [4.69, 9.17) is 5.10 Å². The van der Waals surface area contributed by atoms with Gasteiger partial charge in [-0.25, -0.2) is 19.5 Å². The normalized spacial score (nSPS) is 17.3. The molecule has 10 heteroatoms. The summed E-state index contributed by atoms with van der Waals surface area (Å²) in [6.45, 7) is 5.34. The van der Waals surface area contributed by atoms with Crippen LogP contribution in [0.1, 0.15) is 53.2 Å². The predicted octanol–water partition coefficient (Wildman–Crippen LogP) is 2.86. The molecule has 0 radical (unpaired) electrons. The second-order valence-corrected chi connectivity index (χ2v) is 9.35. The highest BCUT2D eigenvalue weighted by molar-refractivity contribution is 6.07. The van der Waals surface area contributed by atoms with Gasteiger partial charge in [0, 0.05) is 43.3 Å². The van der Waals surface area contributed by atoms with Gasteiger partial charge in [0.2, 0.25) is 0 Å². The van der Waals surface area contributed by atoms with Gasteiger partial charge in [0.1, 0.15) is 11.4 Å². The van der Waals surface area contributed by atoms with Crippen LogP contribution in [0.3, 0.4) is 0 Å². The summed E-state index contributed by atoms with van der Waals surface area (Å²) in [4.78, 5) is 28.9. The molecule has 6 rings (SSSR count). The van der Waals surface area contributed by atoms with Crippen molar-refractivity contribution >= 4 is 17.4 Å². The van der Waals surface area contributed by atoms with Crippen molar-refractivity contribution in [2.75, 3.05) is 25.0 Å². The van der Waals surface area contributed by atoms with E-state index in [-0.39, 0.29) is 5.91 Å². The molecule has 1 saturated heterocycles. The van der Waals surface area contributed by atoms with Crippen molar-refractivity contribution < 1.29 is 4.79 Å². The number of likely N-dealkylation sites (tertiary alicyclic amines) is 1. The minimum atomic E-state index is -0.298. The van der Waals surface area contributed by atoms with Crippen molar-refractivity contribution in [1.82, 2.24) is 39.2 Å². The Balaban J connectivity index is 1.27. The molecule has 0 spiro atoms. The summed E-state index contributed by atoms with van der Waals surface area (Å²) in [6.07, 6.45) is 13.3. The Kier molecular flexibility index (Phi) is 5.29. The summed E-state index contributed by atoms with van der Waals surface area (Å²) in [5, 5.41) is 12.1. The van der Waals surface area contributed by atoms with Crippen LogP contribution in [0.4, 0.5) is 5.82 Å². The van der Waals surface area contributed by atoms with Gasteiger partial charge in [0.25, 0.3) is 11.9 Å². The van der Waals surface area contributed by atoms with Crippen LogP contribution >= 0.6 is 0 Å². The van der Waals surface area contributed by atoms with Crippen molar-refractivity contribution in [1.29, 1.82) is 0 Å². The molecule has 10 nitrogen and oxygen atoms in total. The summed E-state index contributed by atoms with van der Waals surface area (Å²) in [5.41, 5.74) is 2.82. The second-order valence-electron chi connectivity index (χ2n) is 9.35. The van der Waals surface area contributed by atoms with Crippen molar-refractivity contribution in [3.63, 3.8) is 0 Å². The van der Waals surface area contributed by atoms with E-state index in [1.54, 1.807) is 40.1 Å². The Morgan fingerprint density at radius 3 is 2.65 bits per heavy atom. The number of hydrogen-bond donors (Lipinski definition) is 1. The van der Waals surface area contributed by atoms with Crippen LogP contribution in [0.15, 0.2) is 43.1 Å². The number of carbonyl (C=O) groups is 1. The fourth-order valence-corrected chi connectivity index (χ4v) is 4.58. The fraction of sp³-hybridized carbons (Fsp3) is 0.417. The van der Waals surface area contributed by atoms with Crippen LogP contribution in [0.2, 0.25) is 0 Å². The van der Waals surface area contributed by atoms with Gasteiger partial charge in [-0.3, -0.25) is 4.79 Å². The third-order valence-corrected chi connectivity index (χ3v) is 6.67. The first-order chi connectivity index (χ1) is 16.6. The van der Waals surface area contributed by atoms with Gasteiger partial charge in [0.15, 0.2) is 5.65 Å². The molecule has 0 aromatic carbocycles. The van der Waals surface area contributed by atoms with E-state index in [0.717, 1.165) is 43.1 Å². The lowest BCUT2D eigenvalue weighted by Gasteiger charge is -2.31. The minimum Gasteiger partial charge on any atom is -0.306 e. The summed E-state index contributed by atoms with van der Waals surface area (Å²) >= 11 is 0. The Morgan fingerprint density at radius 1 is 1.09 bits per heavy atom. The van der Waals surface area contributed by atoms with E-state index < -0.39 is 0 Å². The van der Waals surface area contributed by atoms with Gasteiger partial charge < -0.3 is 10.2 Å². The van der Waals surface area contributed by atoms with Crippen molar-refractivity contribution in [3.8, 4) is 5.95 Å². The molecule has 4 aromatic rings. The summed E-state index contributed by atoms with van der Waals surface area (Å²) in [5.74, 6) is 1.92. The van der Waals surface area contributed by atoms with Crippen LogP contribution in [0.5, 0.6) is 0 Å². The predicted molar refractivity (Wildman–Crippen MR) is 126 cm³/mol. The number of nitrogens with one attached hydrogen (secondary N) is 1. The fourth-order valence-electron chi connectivity index (χ4n) is 4.58. The quantitative estimate of drug-likeness (QED) is 0.474. The third kappa shape index (κ3) is 4.16. The Labute approximate surface area is 197 Å². The second kappa shape index (κ2) is 8.60. The molecule has 174 valence electrons. The number of carbonyl (C=O) groups excluding carboxylic acids is 1. The van der Waals surface area contributed by atoms with Crippen LogP contribution in [0, 0.1) is 12.8 Å². The van der Waals surface area contributed by atoms with E-state index in [0.29, 0.717) is 28.9 Å². The van der Waals surface area contributed by atoms with Crippen molar-refractivity contribution in [2.45, 2.75) is 38.5 Å². The summed E-state index contributed by atoms with van der Waals surface area (Å²) < 4.78 is 3.21. The zero-order chi connectivity index (χ0) is 23.1. The molecular formula is C24H27N9O. The van der Waals surface area contributed by atoms with E-state index in [2.05, 4.69) is 30.3 Å². The molecule has 5 heterocycles. The molecule has 2 fully saturated rings. The molecule has 1 N–H and O–H groups in total. The molecule has 0 atom stereocenters. The highest BCUT2D eigenvalue weighted by atomic mass is 16.1. The van der Waals surface area contributed by atoms with Crippen molar-refractivity contribution in [2.24, 2.45) is 5.92 Å². The smallest absolute Gasteiger partial charge is 0.262 e. The first-order valence-electron chi connectivity index (χ1n) is 11.8. The zero-order valence-corrected chi connectivity index (χ0v) is 19.1. The largest absolute Gasteiger partial charge is 0.306 e. The lowest BCUT2D eigenvalue weighted by atomic mass is 9.93. The number of nitrogens with zero attached hydrogens (tertiary/aromatic N) is 8. The topological polar surface area (TPSA) is 106 Å². The van der Waals surface area contributed by atoms with Gasteiger partial charge in [0.05, 0.1) is 11.9 Å². The summed E-state index contributed by atoms with van der Waals surface area (Å²) in [6, 6.07) is 3.73. The number of amides is 1. The molecule has 1 amide bonds. The van der Waals surface area contributed by atoms with Gasteiger partial charge in [-0.15, -0.1) is 0 Å². The lowest BCUT2D eigenvalue weighted by Crippen LogP contribution is -2.34. The minimum absolute atomic E-state index is 0.298. The van der Waals surface area contributed by atoms with Crippen LogP contribution in [-0.4, -0.2) is 64.8 Å². The van der Waals surface area contributed by atoms with Gasteiger partial charge in [-0.05, 0) is 63.2 Å². The molecule has 1 aliphatic carbocycles. The molecule has 0 bridgehead atoms. The Hall–Kier alpha value is -3.66. The van der Waals surface area contributed by atoms with E-state index in [9.17, 15) is 4.79 Å². The number of hydrogen-bond acceptors (Lipinski definition) is 7. The first kappa shape index (κ1) is 20.9. The number of aromatic nitrogens is 7. The molecule has 1 aliphatic heterocycles. The SMILES string of the molecule is Cc1cnc(-n2nc(C3CCN(CC4CC4)CC3)cc2NC(=O)c2cnn3cccnc23)nc1. The summed E-state index contributed by atoms with van der Waals surface area (Å²) in [7, 11) is 0. The highest BCUT2D eigenvalue weighted by Gasteiger charge is 2.29. The molecule has 4 aromatic heterocycles. The van der Waals surface area contributed by atoms with Crippen molar-refractivity contribution in [3.05, 3.63) is 59.9 Å². The molecule has 34 heavy (non-hydrogen) atoms. The van der Waals surface area contributed by atoms with E-state index in [1.807, 2.05) is 13.0 Å². The molecule has 2 aliphatic rings. The Morgan fingerprint density at radius 2 is 1.88 bits per heavy atom. The zero-order valence-electron chi connectivity index (χ0n) is 19.1. The molecule has 0 unspecified atom stereocenters. The highest BCUT2D eigenvalue weighted by Crippen LogP contribution is 2.34. The molecule has 1 saturated carbocycles. The molecular weight excluding hydrogens is 430 g/mol. The number of fused-ring (bicyclic) bond motifs is 1. The van der Waals surface area contributed by atoms with E-state index >= 15 is 0 Å². The third-order valence-electron chi connectivity index (χ3n) is 6.67. The number of rotatable bonds is 6. The van der Waals surface area contributed by atoms with Gasteiger partial charge in [-0.2, -0.15) is 14.9 Å². The maximum atomic E-state index is 13.2. The number of piperidine rings is 1.